The van der Waals surface area contributed by atoms with Gasteiger partial charge in [-0.2, -0.15) is 0 Å². The molecule has 1 fully saturated rings. The molecule has 2 heteroatoms. The average Bonchev–Trinajstić information content (AvgIpc) is 2.26. The first-order valence-electron chi connectivity index (χ1n) is 6.54. The maximum absolute atomic E-state index is 5.60. The van der Waals surface area contributed by atoms with Gasteiger partial charge in [0.1, 0.15) is 0 Å². The van der Waals surface area contributed by atoms with Gasteiger partial charge < -0.3 is 9.47 Å². The zero-order valence-electron chi connectivity index (χ0n) is 11.8. The van der Waals surface area contributed by atoms with Crippen LogP contribution in [0.25, 0.3) is 0 Å². The van der Waals surface area contributed by atoms with E-state index in [1.807, 2.05) is 13.8 Å². The van der Waals surface area contributed by atoms with Crippen LogP contribution in [0, 0.1) is 5.41 Å². The van der Waals surface area contributed by atoms with E-state index in [4.69, 9.17) is 9.47 Å². The highest BCUT2D eigenvalue weighted by molar-refractivity contribution is 5.35. The van der Waals surface area contributed by atoms with Crippen LogP contribution in [-0.4, -0.2) is 26.4 Å². The Bertz CT molecular complexity index is 284. The lowest BCUT2D eigenvalue weighted by Gasteiger charge is -2.44. The van der Waals surface area contributed by atoms with Gasteiger partial charge in [-0.1, -0.05) is 17.7 Å². The molecule has 0 aromatic carbocycles. The van der Waals surface area contributed by atoms with Gasteiger partial charge in [-0.25, -0.2) is 0 Å². The number of hydrogen-bond acceptors (Lipinski definition) is 2. The first-order chi connectivity index (χ1) is 8.04. The Kier molecular flexibility index (Phi) is 5.41. The molecule has 1 aliphatic carbocycles. The third-order valence-corrected chi connectivity index (χ3v) is 3.57. The zero-order chi connectivity index (χ0) is 12.9. The molecule has 0 aromatic heterocycles. The number of hydrogen-bond donors (Lipinski definition) is 0. The van der Waals surface area contributed by atoms with Crippen LogP contribution in [-0.2, 0) is 9.47 Å². The largest absolute Gasteiger partial charge is 0.381 e. The van der Waals surface area contributed by atoms with Crippen LogP contribution in [0.1, 0.15) is 40.5 Å². The van der Waals surface area contributed by atoms with Gasteiger partial charge in [0.2, 0.25) is 0 Å². The fraction of sp³-hybridized carbons (Fsp3) is 0.733. The second kappa shape index (κ2) is 6.36. The van der Waals surface area contributed by atoms with Crippen molar-refractivity contribution in [3.8, 4) is 0 Å². The van der Waals surface area contributed by atoms with Crippen LogP contribution in [0.15, 0.2) is 23.3 Å². The summed E-state index contributed by atoms with van der Waals surface area (Å²) in [5.74, 6) is 0. The summed E-state index contributed by atoms with van der Waals surface area (Å²) in [6, 6.07) is 0. The summed E-state index contributed by atoms with van der Waals surface area (Å²) < 4.78 is 11.2. The van der Waals surface area contributed by atoms with Gasteiger partial charge in [0.25, 0.3) is 0 Å². The summed E-state index contributed by atoms with van der Waals surface area (Å²) in [5, 5.41) is 0. The molecule has 0 radical (unpaired) electrons. The highest BCUT2D eigenvalue weighted by Crippen LogP contribution is 2.48. The molecule has 2 nitrogen and oxygen atoms in total. The standard InChI is InChI=1S/C15H26O2/c1-6-16-10-15(11-17-7-2)8-14(9-15)13(5)12(3)4/h3,6-11H2,1-2,4-5H3. The molecule has 98 valence electrons. The molecule has 0 amide bonds. The highest BCUT2D eigenvalue weighted by Gasteiger charge is 2.41. The van der Waals surface area contributed by atoms with Gasteiger partial charge in [-0.15, -0.1) is 0 Å². The number of allylic oxidation sites excluding steroid dienone is 3. The molecule has 1 saturated carbocycles. The van der Waals surface area contributed by atoms with Crippen LogP contribution in [0.4, 0.5) is 0 Å². The van der Waals surface area contributed by atoms with Crippen LogP contribution in [0.5, 0.6) is 0 Å². The minimum absolute atomic E-state index is 0.220. The zero-order valence-corrected chi connectivity index (χ0v) is 11.8. The second-order valence-corrected chi connectivity index (χ2v) is 5.14. The van der Waals surface area contributed by atoms with Crippen LogP contribution in [0.2, 0.25) is 0 Å². The summed E-state index contributed by atoms with van der Waals surface area (Å²) in [6.07, 6.45) is 2.21. The molecule has 0 spiro atoms. The lowest BCUT2D eigenvalue weighted by molar-refractivity contribution is -0.0390. The van der Waals surface area contributed by atoms with Crippen molar-refractivity contribution in [3.63, 3.8) is 0 Å². The SMILES string of the molecule is C=C(C)C(C)=C1CC(COCC)(COCC)C1. The quantitative estimate of drug-likeness (QED) is 0.673. The Morgan fingerprint density at radius 2 is 1.59 bits per heavy atom. The third-order valence-electron chi connectivity index (χ3n) is 3.57. The topological polar surface area (TPSA) is 18.5 Å². The van der Waals surface area contributed by atoms with E-state index in [1.165, 1.54) is 16.7 Å². The fourth-order valence-electron chi connectivity index (χ4n) is 2.30. The Morgan fingerprint density at radius 1 is 1.12 bits per heavy atom. The van der Waals surface area contributed by atoms with Gasteiger partial charge in [0.05, 0.1) is 13.2 Å². The summed E-state index contributed by atoms with van der Waals surface area (Å²) in [7, 11) is 0. The molecule has 0 atom stereocenters. The van der Waals surface area contributed by atoms with Crippen molar-refractivity contribution < 1.29 is 9.47 Å². The van der Waals surface area contributed by atoms with Gasteiger partial charge in [0, 0.05) is 18.6 Å². The van der Waals surface area contributed by atoms with E-state index < -0.39 is 0 Å². The Labute approximate surface area is 106 Å². The van der Waals surface area contributed by atoms with E-state index in [2.05, 4.69) is 20.4 Å². The maximum atomic E-state index is 5.60. The maximum Gasteiger partial charge on any atom is 0.0550 e. The molecule has 0 saturated heterocycles. The van der Waals surface area contributed by atoms with E-state index in [0.29, 0.717) is 0 Å². The van der Waals surface area contributed by atoms with E-state index in [9.17, 15) is 0 Å². The van der Waals surface area contributed by atoms with Crippen molar-refractivity contribution >= 4 is 0 Å². The van der Waals surface area contributed by atoms with Crippen LogP contribution < -0.4 is 0 Å². The van der Waals surface area contributed by atoms with Crippen LogP contribution >= 0.6 is 0 Å². The van der Waals surface area contributed by atoms with Crippen molar-refractivity contribution in [2.45, 2.75) is 40.5 Å². The smallest absolute Gasteiger partial charge is 0.0550 e. The fourth-order valence-corrected chi connectivity index (χ4v) is 2.30. The van der Waals surface area contributed by atoms with Crippen LogP contribution in [0.3, 0.4) is 0 Å². The van der Waals surface area contributed by atoms with E-state index >= 15 is 0 Å². The third kappa shape index (κ3) is 3.68. The normalized spacial score (nSPS) is 17.8. The Hall–Kier alpha value is -0.600. The molecule has 1 aliphatic rings. The molecule has 1 rings (SSSR count). The highest BCUT2D eigenvalue weighted by atomic mass is 16.5. The lowest BCUT2D eigenvalue weighted by atomic mass is 9.64. The van der Waals surface area contributed by atoms with Crippen molar-refractivity contribution in [2.75, 3.05) is 26.4 Å². The predicted molar refractivity (Wildman–Crippen MR) is 72.2 cm³/mol. The molecule has 0 aromatic rings. The van der Waals surface area contributed by atoms with Crippen molar-refractivity contribution in [2.24, 2.45) is 5.41 Å². The van der Waals surface area contributed by atoms with Gasteiger partial charge >= 0.3 is 0 Å². The molecule has 0 bridgehead atoms. The Balaban J connectivity index is 2.60. The first-order valence-corrected chi connectivity index (χ1v) is 6.54. The molecule has 0 heterocycles. The van der Waals surface area contributed by atoms with E-state index in [1.54, 1.807) is 0 Å². The van der Waals surface area contributed by atoms with E-state index in [-0.39, 0.29) is 5.41 Å². The molecular weight excluding hydrogens is 212 g/mol. The predicted octanol–water partition coefficient (Wildman–Crippen LogP) is 3.73. The average molecular weight is 238 g/mol. The number of rotatable bonds is 7. The van der Waals surface area contributed by atoms with E-state index in [0.717, 1.165) is 39.3 Å². The molecule has 0 unspecified atom stereocenters. The summed E-state index contributed by atoms with van der Waals surface area (Å²) in [5.41, 5.74) is 4.30. The minimum atomic E-state index is 0.220. The van der Waals surface area contributed by atoms with Gasteiger partial charge in [-0.3, -0.25) is 0 Å². The second-order valence-electron chi connectivity index (χ2n) is 5.14. The monoisotopic (exact) mass is 238 g/mol. The van der Waals surface area contributed by atoms with Crippen molar-refractivity contribution in [3.05, 3.63) is 23.3 Å². The molecule has 17 heavy (non-hydrogen) atoms. The minimum Gasteiger partial charge on any atom is -0.381 e. The molecular formula is C15H26O2. The number of ether oxygens (including phenoxy) is 2. The lowest BCUT2D eigenvalue weighted by Crippen LogP contribution is -2.41. The summed E-state index contributed by atoms with van der Waals surface area (Å²) >= 11 is 0. The Morgan fingerprint density at radius 3 is 1.94 bits per heavy atom. The van der Waals surface area contributed by atoms with Gasteiger partial charge in [-0.05, 0) is 46.1 Å². The summed E-state index contributed by atoms with van der Waals surface area (Å²) in [6.45, 7) is 15.5. The molecule has 0 aliphatic heterocycles. The summed E-state index contributed by atoms with van der Waals surface area (Å²) in [4.78, 5) is 0. The first kappa shape index (κ1) is 14.5. The van der Waals surface area contributed by atoms with Crippen molar-refractivity contribution in [1.82, 2.24) is 0 Å². The van der Waals surface area contributed by atoms with Gasteiger partial charge in [0.15, 0.2) is 0 Å². The van der Waals surface area contributed by atoms with Crippen molar-refractivity contribution in [1.29, 1.82) is 0 Å². The molecule has 0 N–H and O–H groups in total.